The predicted octanol–water partition coefficient (Wildman–Crippen LogP) is 2.18. The number of nitrogens with one attached hydrogen (secondary N) is 1. The summed E-state index contributed by atoms with van der Waals surface area (Å²) in [7, 11) is 0. The molecule has 0 radical (unpaired) electrons. The van der Waals surface area contributed by atoms with Gasteiger partial charge < -0.3 is 10.4 Å². The van der Waals surface area contributed by atoms with Gasteiger partial charge in [-0.25, -0.2) is 0 Å². The second kappa shape index (κ2) is 8.13. The minimum Gasteiger partial charge on any atom is -0.480 e. The second-order valence-corrected chi connectivity index (χ2v) is 4.62. The Morgan fingerprint density at radius 3 is 2.25 bits per heavy atom. The summed E-state index contributed by atoms with van der Waals surface area (Å²) in [5.74, 6) is -0.450. The number of unbranched alkanes of at least 4 members (excludes halogenated alkanes) is 2. The van der Waals surface area contributed by atoms with Crippen LogP contribution in [0.1, 0.15) is 52.9 Å². The van der Waals surface area contributed by atoms with Crippen molar-refractivity contribution >= 4 is 11.9 Å². The van der Waals surface area contributed by atoms with Gasteiger partial charge in [0.25, 0.3) is 0 Å². The van der Waals surface area contributed by atoms with Crippen molar-refractivity contribution in [3.05, 3.63) is 0 Å². The summed E-state index contributed by atoms with van der Waals surface area (Å²) in [5.41, 5.74) is 0. The van der Waals surface area contributed by atoms with Crippen LogP contribution in [0.15, 0.2) is 0 Å². The fourth-order valence-electron chi connectivity index (χ4n) is 1.39. The maximum atomic E-state index is 11.3. The van der Waals surface area contributed by atoms with E-state index in [1.165, 1.54) is 13.3 Å². The molecule has 94 valence electrons. The van der Waals surface area contributed by atoms with Crippen LogP contribution in [0.2, 0.25) is 0 Å². The maximum Gasteiger partial charge on any atom is 0.325 e. The number of rotatable bonds is 8. The highest BCUT2D eigenvalue weighted by Crippen LogP contribution is 2.09. The van der Waals surface area contributed by atoms with Crippen LogP contribution in [0.3, 0.4) is 0 Å². The third-order valence-corrected chi connectivity index (χ3v) is 2.43. The molecule has 4 nitrogen and oxygen atoms in total. The van der Waals surface area contributed by atoms with E-state index in [9.17, 15) is 9.59 Å². The Morgan fingerprint density at radius 2 is 1.75 bits per heavy atom. The molecule has 0 aliphatic carbocycles. The molecule has 2 N–H and O–H groups in total. The second-order valence-electron chi connectivity index (χ2n) is 4.62. The van der Waals surface area contributed by atoms with Crippen molar-refractivity contribution in [2.45, 2.75) is 58.9 Å². The molecule has 0 spiro atoms. The summed E-state index contributed by atoms with van der Waals surface area (Å²) in [6, 6.07) is -0.789. The maximum absolute atomic E-state index is 11.3. The van der Waals surface area contributed by atoms with Gasteiger partial charge in [0.1, 0.15) is 6.04 Å². The summed E-state index contributed by atoms with van der Waals surface area (Å²) in [5, 5.41) is 11.0. The van der Waals surface area contributed by atoms with Crippen molar-refractivity contribution < 1.29 is 14.7 Å². The first-order valence-corrected chi connectivity index (χ1v) is 5.95. The molecule has 0 heterocycles. The van der Waals surface area contributed by atoms with Gasteiger partial charge in [-0.15, -0.1) is 0 Å². The summed E-state index contributed by atoms with van der Waals surface area (Å²) in [6.07, 6.45) is 4.63. The van der Waals surface area contributed by atoms with Gasteiger partial charge in [0.15, 0.2) is 0 Å². The molecule has 0 aliphatic heterocycles. The standard InChI is InChI=1S/C12H23NO3/c1-9(2)7-5-4-6-8-11(14)13-10(3)12(15)16/h9-10H,4-8H2,1-3H3,(H,13,14)(H,15,16)/t10-/m0/s1. The van der Waals surface area contributed by atoms with E-state index in [0.717, 1.165) is 19.3 Å². The Labute approximate surface area is 97.4 Å². The van der Waals surface area contributed by atoms with Gasteiger partial charge in [0.2, 0.25) is 5.91 Å². The first-order valence-electron chi connectivity index (χ1n) is 5.95. The average molecular weight is 229 g/mol. The fraction of sp³-hybridized carbons (Fsp3) is 0.833. The van der Waals surface area contributed by atoms with Gasteiger partial charge in [-0.1, -0.05) is 33.1 Å². The number of amides is 1. The normalized spacial score (nSPS) is 12.5. The molecule has 0 saturated heterocycles. The fourth-order valence-corrected chi connectivity index (χ4v) is 1.39. The predicted molar refractivity (Wildman–Crippen MR) is 63.2 cm³/mol. The lowest BCUT2D eigenvalue weighted by molar-refractivity contribution is -0.141. The molecule has 1 amide bonds. The lowest BCUT2D eigenvalue weighted by atomic mass is 10.0. The largest absolute Gasteiger partial charge is 0.480 e. The molecule has 0 saturated carbocycles. The highest BCUT2D eigenvalue weighted by molar-refractivity contribution is 5.83. The quantitative estimate of drug-likeness (QED) is 0.627. The minimum absolute atomic E-state index is 0.167. The Balaban J connectivity index is 3.48. The molecule has 0 fully saturated rings. The summed E-state index contributed by atoms with van der Waals surface area (Å²) in [4.78, 5) is 21.8. The molecule has 0 rings (SSSR count). The Hall–Kier alpha value is -1.06. The molecule has 0 aromatic carbocycles. The number of hydrogen-bond donors (Lipinski definition) is 2. The van der Waals surface area contributed by atoms with Crippen LogP contribution in [0.25, 0.3) is 0 Å². The van der Waals surface area contributed by atoms with Gasteiger partial charge in [-0.3, -0.25) is 9.59 Å². The van der Waals surface area contributed by atoms with E-state index in [4.69, 9.17) is 5.11 Å². The number of carboxylic acid groups (broad SMARTS) is 1. The molecule has 1 atom stereocenters. The number of carbonyl (C=O) groups is 2. The van der Waals surface area contributed by atoms with Gasteiger partial charge in [-0.2, -0.15) is 0 Å². The van der Waals surface area contributed by atoms with Crippen molar-refractivity contribution in [1.82, 2.24) is 5.32 Å². The lowest BCUT2D eigenvalue weighted by Crippen LogP contribution is -2.38. The number of hydrogen-bond acceptors (Lipinski definition) is 2. The Bertz CT molecular complexity index is 226. The number of carbonyl (C=O) groups excluding carboxylic acids is 1. The zero-order valence-electron chi connectivity index (χ0n) is 10.5. The van der Waals surface area contributed by atoms with Crippen LogP contribution in [0.4, 0.5) is 0 Å². The van der Waals surface area contributed by atoms with Crippen LogP contribution < -0.4 is 5.32 Å². The third kappa shape index (κ3) is 8.26. The monoisotopic (exact) mass is 229 g/mol. The van der Waals surface area contributed by atoms with Gasteiger partial charge in [0.05, 0.1) is 0 Å². The average Bonchev–Trinajstić information content (AvgIpc) is 2.16. The van der Waals surface area contributed by atoms with E-state index in [-0.39, 0.29) is 5.91 Å². The smallest absolute Gasteiger partial charge is 0.325 e. The van der Waals surface area contributed by atoms with Crippen molar-refractivity contribution in [3.8, 4) is 0 Å². The molecular formula is C12H23NO3. The summed E-state index contributed by atoms with van der Waals surface area (Å²) in [6.45, 7) is 5.83. The molecule has 16 heavy (non-hydrogen) atoms. The molecular weight excluding hydrogens is 206 g/mol. The van der Waals surface area contributed by atoms with Crippen LogP contribution in [0, 0.1) is 5.92 Å². The van der Waals surface area contributed by atoms with E-state index in [1.54, 1.807) is 0 Å². The SMILES string of the molecule is CC(C)CCCCCC(=O)N[C@@H](C)C(=O)O. The minimum atomic E-state index is -0.992. The lowest BCUT2D eigenvalue weighted by Gasteiger charge is -2.09. The van der Waals surface area contributed by atoms with Gasteiger partial charge >= 0.3 is 5.97 Å². The number of carboxylic acids is 1. The molecule has 0 aromatic rings. The van der Waals surface area contributed by atoms with E-state index in [1.807, 2.05) is 0 Å². The van der Waals surface area contributed by atoms with E-state index in [2.05, 4.69) is 19.2 Å². The Kier molecular flexibility index (Phi) is 7.60. The first-order chi connectivity index (χ1) is 7.43. The van der Waals surface area contributed by atoms with Crippen molar-refractivity contribution in [3.63, 3.8) is 0 Å². The van der Waals surface area contributed by atoms with Crippen LogP contribution in [0.5, 0.6) is 0 Å². The molecule has 0 aromatic heterocycles. The van der Waals surface area contributed by atoms with Gasteiger partial charge in [0, 0.05) is 6.42 Å². The molecule has 0 aliphatic rings. The zero-order chi connectivity index (χ0) is 12.6. The highest BCUT2D eigenvalue weighted by Gasteiger charge is 2.12. The molecule has 0 unspecified atom stereocenters. The van der Waals surface area contributed by atoms with Crippen molar-refractivity contribution in [2.75, 3.05) is 0 Å². The Morgan fingerprint density at radius 1 is 1.12 bits per heavy atom. The third-order valence-electron chi connectivity index (χ3n) is 2.43. The van der Waals surface area contributed by atoms with Crippen LogP contribution >= 0.6 is 0 Å². The topological polar surface area (TPSA) is 66.4 Å². The summed E-state index contributed by atoms with van der Waals surface area (Å²) < 4.78 is 0. The molecule has 0 bridgehead atoms. The first kappa shape index (κ1) is 14.9. The summed E-state index contributed by atoms with van der Waals surface area (Å²) >= 11 is 0. The molecule has 4 heteroatoms. The number of aliphatic carboxylic acids is 1. The van der Waals surface area contributed by atoms with E-state index < -0.39 is 12.0 Å². The van der Waals surface area contributed by atoms with Crippen molar-refractivity contribution in [1.29, 1.82) is 0 Å². The van der Waals surface area contributed by atoms with Crippen LogP contribution in [-0.2, 0) is 9.59 Å². The van der Waals surface area contributed by atoms with E-state index >= 15 is 0 Å². The van der Waals surface area contributed by atoms with Crippen LogP contribution in [-0.4, -0.2) is 23.0 Å². The van der Waals surface area contributed by atoms with Crippen molar-refractivity contribution in [2.24, 2.45) is 5.92 Å². The highest BCUT2D eigenvalue weighted by atomic mass is 16.4. The zero-order valence-corrected chi connectivity index (χ0v) is 10.5. The van der Waals surface area contributed by atoms with E-state index in [0.29, 0.717) is 12.3 Å². The van der Waals surface area contributed by atoms with Gasteiger partial charge in [-0.05, 0) is 19.3 Å².